The first-order chi connectivity index (χ1) is 7.88. The van der Waals surface area contributed by atoms with Crippen LogP contribution in [0.5, 0.6) is 0 Å². The molecule has 0 aliphatic rings. The molecule has 0 aliphatic carbocycles. The van der Waals surface area contributed by atoms with Crippen molar-refractivity contribution in [2.75, 3.05) is 0 Å². The van der Waals surface area contributed by atoms with E-state index in [1.807, 2.05) is 30.3 Å². The minimum absolute atomic E-state index is 0.118. The van der Waals surface area contributed by atoms with E-state index in [1.165, 1.54) is 6.92 Å². The standard InChI is InChI=1S/C10H15N2O4P/c1-8(16-17(11,12)14)10(13)15-7-9-5-3-2-4-6-9/h2-6,8H,7H2,1H3,(H4,11,12,14). The minimum Gasteiger partial charge on any atom is -0.459 e. The molecule has 0 bridgehead atoms. The monoisotopic (exact) mass is 258 g/mol. The molecule has 0 aromatic heterocycles. The van der Waals surface area contributed by atoms with Gasteiger partial charge in [0.1, 0.15) is 6.61 Å². The summed E-state index contributed by atoms with van der Waals surface area (Å²) in [6, 6.07) is 9.15. The van der Waals surface area contributed by atoms with E-state index in [1.54, 1.807) is 0 Å². The number of nitrogens with two attached hydrogens (primary N) is 2. The van der Waals surface area contributed by atoms with E-state index in [0.29, 0.717) is 0 Å². The fourth-order valence-electron chi connectivity index (χ4n) is 1.14. The van der Waals surface area contributed by atoms with Gasteiger partial charge >= 0.3 is 13.6 Å². The van der Waals surface area contributed by atoms with Crippen LogP contribution in [0, 0.1) is 0 Å². The number of ether oxygens (including phenoxy) is 1. The molecule has 0 heterocycles. The fraction of sp³-hybridized carbons (Fsp3) is 0.300. The van der Waals surface area contributed by atoms with Crippen molar-refractivity contribution in [2.45, 2.75) is 19.6 Å². The van der Waals surface area contributed by atoms with Gasteiger partial charge in [-0.25, -0.2) is 15.8 Å². The van der Waals surface area contributed by atoms with Crippen molar-refractivity contribution in [3.63, 3.8) is 0 Å². The molecule has 1 unspecified atom stereocenters. The number of hydrogen-bond acceptors (Lipinski definition) is 4. The summed E-state index contributed by atoms with van der Waals surface area (Å²) in [4.78, 5) is 11.4. The highest BCUT2D eigenvalue weighted by molar-refractivity contribution is 7.53. The molecular formula is C10H15N2O4P. The van der Waals surface area contributed by atoms with Crippen molar-refractivity contribution >= 4 is 13.6 Å². The Kier molecular flexibility index (Phi) is 4.84. The van der Waals surface area contributed by atoms with Gasteiger partial charge in [-0.1, -0.05) is 30.3 Å². The summed E-state index contributed by atoms with van der Waals surface area (Å²) < 4.78 is 20.5. The molecule has 17 heavy (non-hydrogen) atoms. The topological polar surface area (TPSA) is 105 Å². The van der Waals surface area contributed by atoms with Crippen LogP contribution in [0.2, 0.25) is 0 Å². The lowest BCUT2D eigenvalue weighted by atomic mass is 10.2. The van der Waals surface area contributed by atoms with Gasteiger partial charge in [0.2, 0.25) is 0 Å². The lowest BCUT2D eigenvalue weighted by molar-refractivity contribution is -0.152. The zero-order valence-corrected chi connectivity index (χ0v) is 10.3. The average molecular weight is 258 g/mol. The Morgan fingerprint density at radius 3 is 2.47 bits per heavy atom. The maximum absolute atomic E-state index is 11.4. The average Bonchev–Trinajstić information content (AvgIpc) is 2.25. The molecule has 94 valence electrons. The molecule has 0 saturated carbocycles. The van der Waals surface area contributed by atoms with Crippen molar-refractivity contribution in [1.29, 1.82) is 0 Å². The minimum atomic E-state index is -3.67. The van der Waals surface area contributed by atoms with Crippen molar-refractivity contribution in [3.05, 3.63) is 35.9 Å². The van der Waals surface area contributed by atoms with E-state index in [4.69, 9.17) is 15.7 Å². The highest BCUT2D eigenvalue weighted by Gasteiger charge is 2.22. The van der Waals surface area contributed by atoms with Crippen LogP contribution < -0.4 is 11.0 Å². The summed E-state index contributed by atoms with van der Waals surface area (Å²) in [6.07, 6.45) is -1.06. The fourth-order valence-corrected chi connectivity index (χ4v) is 1.72. The molecule has 6 nitrogen and oxygen atoms in total. The number of esters is 1. The molecule has 0 radical (unpaired) electrons. The summed E-state index contributed by atoms with van der Waals surface area (Å²) in [7, 11) is -3.67. The van der Waals surface area contributed by atoms with Crippen LogP contribution >= 0.6 is 7.67 Å². The lowest BCUT2D eigenvalue weighted by Gasteiger charge is -2.14. The Morgan fingerprint density at radius 1 is 1.35 bits per heavy atom. The summed E-state index contributed by atoms with van der Waals surface area (Å²) in [5.41, 5.74) is 10.8. The summed E-state index contributed by atoms with van der Waals surface area (Å²) >= 11 is 0. The van der Waals surface area contributed by atoms with Gasteiger partial charge in [0.05, 0.1) is 0 Å². The van der Waals surface area contributed by atoms with E-state index >= 15 is 0 Å². The van der Waals surface area contributed by atoms with Crippen molar-refractivity contribution in [2.24, 2.45) is 11.0 Å². The Bertz CT molecular complexity index is 418. The van der Waals surface area contributed by atoms with Gasteiger partial charge in [0, 0.05) is 0 Å². The van der Waals surface area contributed by atoms with Crippen LogP contribution in [0.25, 0.3) is 0 Å². The zero-order chi connectivity index (χ0) is 12.9. The van der Waals surface area contributed by atoms with Gasteiger partial charge in [0.25, 0.3) is 0 Å². The van der Waals surface area contributed by atoms with E-state index in [2.05, 4.69) is 4.52 Å². The number of carbonyl (C=O) groups excluding carboxylic acids is 1. The second kappa shape index (κ2) is 5.93. The first-order valence-corrected chi connectivity index (χ1v) is 6.71. The largest absolute Gasteiger partial charge is 0.459 e. The van der Waals surface area contributed by atoms with E-state index in [0.717, 1.165) is 5.56 Å². The quantitative estimate of drug-likeness (QED) is 0.606. The molecule has 1 rings (SSSR count). The van der Waals surface area contributed by atoms with Gasteiger partial charge in [-0.05, 0) is 12.5 Å². The molecule has 0 spiro atoms. The Balaban J connectivity index is 2.42. The van der Waals surface area contributed by atoms with Crippen LogP contribution in [0.3, 0.4) is 0 Å². The normalized spacial score (nSPS) is 13.1. The molecule has 1 aromatic rings. The third-order valence-electron chi connectivity index (χ3n) is 1.88. The SMILES string of the molecule is CC(OP(N)(N)=O)C(=O)OCc1ccccc1. The van der Waals surface area contributed by atoms with E-state index in [-0.39, 0.29) is 6.61 Å². The predicted molar refractivity (Wildman–Crippen MR) is 62.8 cm³/mol. The number of hydrogen-bond donors (Lipinski definition) is 2. The molecule has 0 fully saturated rings. The zero-order valence-electron chi connectivity index (χ0n) is 9.41. The van der Waals surface area contributed by atoms with Gasteiger partial charge < -0.3 is 4.74 Å². The van der Waals surface area contributed by atoms with Crippen LogP contribution in [0.15, 0.2) is 30.3 Å². The Morgan fingerprint density at radius 2 is 1.94 bits per heavy atom. The van der Waals surface area contributed by atoms with Gasteiger partial charge in [-0.15, -0.1) is 0 Å². The maximum Gasteiger partial charge on any atom is 0.336 e. The van der Waals surface area contributed by atoms with Crippen molar-refractivity contribution < 1.29 is 18.6 Å². The number of rotatable bonds is 5. The van der Waals surface area contributed by atoms with Crippen molar-refractivity contribution in [1.82, 2.24) is 0 Å². The molecule has 1 aromatic carbocycles. The Hall–Kier alpha value is -1.20. The molecule has 1 atom stereocenters. The number of carbonyl (C=O) groups is 1. The first kappa shape index (κ1) is 13.9. The second-order valence-electron chi connectivity index (χ2n) is 3.49. The summed E-state index contributed by atoms with van der Waals surface area (Å²) in [5, 5.41) is 0. The van der Waals surface area contributed by atoms with Crippen molar-refractivity contribution in [3.8, 4) is 0 Å². The smallest absolute Gasteiger partial charge is 0.336 e. The molecule has 0 amide bonds. The van der Waals surface area contributed by atoms with Gasteiger partial charge in [-0.3, -0.25) is 9.09 Å². The predicted octanol–water partition coefficient (Wildman–Crippen LogP) is 1.16. The molecule has 4 N–H and O–H groups in total. The Labute approximate surface area is 99.4 Å². The van der Waals surface area contributed by atoms with Crippen LogP contribution in [0.1, 0.15) is 12.5 Å². The summed E-state index contributed by atoms with van der Waals surface area (Å²) in [5.74, 6) is -0.662. The van der Waals surface area contributed by atoms with Gasteiger partial charge in [0.15, 0.2) is 6.10 Å². The highest BCUT2D eigenvalue weighted by Crippen LogP contribution is 2.28. The van der Waals surface area contributed by atoms with Crippen LogP contribution in [-0.4, -0.2) is 12.1 Å². The van der Waals surface area contributed by atoms with Gasteiger partial charge in [-0.2, -0.15) is 0 Å². The molecular weight excluding hydrogens is 243 g/mol. The summed E-state index contributed by atoms with van der Waals surface area (Å²) in [6.45, 7) is 1.49. The van der Waals surface area contributed by atoms with E-state index in [9.17, 15) is 9.36 Å². The third kappa shape index (κ3) is 5.60. The molecule has 7 heteroatoms. The lowest BCUT2D eigenvalue weighted by Crippen LogP contribution is -2.25. The molecule has 0 saturated heterocycles. The maximum atomic E-state index is 11.4. The van der Waals surface area contributed by atoms with Crippen LogP contribution in [0.4, 0.5) is 0 Å². The van der Waals surface area contributed by atoms with E-state index < -0.39 is 19.7 Å². The first-order valence-electron chi connectivity index (χ1n) is 4.94. The number of benzene rings is 1. The van der Waals surface area contributed by atoms with Crippen LogP contribution in [-0.2, 0) is 25.2 Å². The highest BCUT2D eigenvalue weighted by atomic mass is 31.2. The second-order valence-corrected chi connectivity index (χ2v) is 4.99. The third-order valence-corrected chi connectivity index (χ3v) is 2.52. The molecule has 0 aliphatic heterocycles.